The molecule has 0 bridgehead atoms. The van der Waals surface area contributed by atoms with Crippen LogP contribution in [0.2, 0.25) is 0 Å². The van der Waals surface area contributed by atoms with Crippen LogP contribution in [0.3, 0.4) is 0 Å². The number of carboxylic acid groups (broad SMARTS) is 1. The van der Waals surface area contributed by atoms with Crippen molar-refractivity contribution in [2.75, 3.05) is 0 Å². The van der Waals surface area contributed by atoms with Crippen molar-refractivity contribution in [2.24, 2.45) is 5.73 Å². The number of carbonyl (C=O) groups is 1. The summed E-state index contributed by atoms with van der Waals surface area (Å²) in [5.41, 5.74) is 5.61. The predicted octanol–water partition coefficient (Wildman–Crippen LogP) is 1.26. The first-order valence-corrected chi connectivity index (χ1v) is 5.44. The van der Waals surface area contributed by atoms with Crippen LogP contribution in [0.25, 0.3) is 0 Å². The van der Waals surface area contributed by atoms with Gasteiger partial charge in [-0.1, -0.05) is 15.9 Å². The molecule has 0 radical (unpaired) electrons. The van der Waals surface area contributed by atoms with Gasteiger partial charge in [-0.15, -0.1) is 0 Å². The van der Waals surface area contributed by atoms with E-state index in [2.05, 4.69) is 15.9 Å². The molecule has 4 nitrogen and oxygen atoms in total. The fourth-order valence-corrected chi connectivity index (χ4v) is 1.62. The molecule has 0 aromatic carbocycles. The van der Waals surface area contributed by atoms with Gasteiger partial charge in [0, 0.05) is 10.9 Å². The van der Waals surface area contributed by atoms with E-state index in [0.29, 0.717) is 0 Å². The maximum atomic E-state index is 10.6. The van der Waals surface area contributed by atoms with Crippen LogP contribution >= 0.6 is 15.9 Å². The van der Waals surface area contributed by atoms with E-state index < -0.39 is 12.1 Å². The molecule has 0 spiro atoms. The van der Waals surface area contributed by atoms with E-state index in [1.165, 1.54) is 0 Å². The molecule has 0 aromatic heterocycles. The first kappa shape index (κ1) is 15.7. The molecule has 1 rings (SSSR count). The van der Waals surface area contributed by atoms with Crippen LogP contribution in [-0.2, 0) is 4.79 Å². The van der Waals surface area contributed by atoms with Crippen molar-refractivity contribution in [3.63, 3.8) is 0 Å². The first-order chi connectivity index (χ1) is 7.14. The van der Waals surface area contributed by atoms with Crippen molar-refractivity contribution < 1.29 is 28.2 Å². The lowest BCUT2D eigenvalue weighted by molar-refractivity contribution is -0.192. The molecule has 0 saturated heterocycles. The minimum absolute atomic E-state index is 0.216. The standard InChI is InChI=1S/C6H12BrNO.C2HF3O2/c7-5-2-1-4(8)3-6(5)9;3-2(4,5)1(6)7/h4-6,9H,1-3,8H2;(H,6,7)/t4-,5+,6-;/m0./s1. The lowest BCUT2D eigenvalue weighted by Gasteiger charge is -2.27. The van der Waals surface area contributed by atoms with Crippen LogP contribution in [0, 0.1) is 0 Å². The average molecular weight is 308 g/mol. The number of carboxylic acids is 1. The number of aliphatic carboxylic acids is 1. The van der Waals surface area contributed by atoms with Gasteiger partial charge >= 0.3 is 12.1 Å². The second-order valence-corrected chi connectivity index (χ2v) is 4.64. The minimum atomic E-state index is -5.08. The summed E-state index contributed by atoms with van der Waals surface area (Å²) in [6, 6.07) is 0.216. The van der Waals surface area contributed by atoms with Crippen molar-refractivity contribution in [2.45, 2.75) is 42.4 Å². The normalized spacial score (nSPS) is 30.2. The Kier molecular flexibility index (Phi) is 6.27. The minimum Gasteiger partial charge on any atom is -0.475 e. The van der Waals surface area contributed by atoms with E-state index in [9.17, 15) is 18.3 Å². The Hall–Kier alpha value is -0.340. The van der Waals surface area contributed by atoms with Crippen molar-refractivity contribution in [3.05, 3.63) is 0 Å². The average Bonchev–Trinajstić information content (AvgIpc) is 2.11. The van der Waals surface area contributed by atoms with Gasteiger partial charge in [-0.05, 0) is 19.3 Å². The summed E-state index contributed by atoms with van der Waals surface area (Å²) in [6.07, 6.45) is -2.53. The van der Waals surface area contributed by atoms with Crippen LogP contribution in [0.15, 0.2) is 0 Å². The topological polar surface area (TPSA) is 83.5 Å². The smallest absolute Gasteiger partial charge is 0.475 e. The number of aliphatic hydroxyl groups is 1. The van der Waals surface area contributed by atoms with Crippen LogP contribution in [0.1, 0.15) is 19.3 Å². The summed E-state index contributed by atoms with van der Waals surface area (Å²) < 4.78 is 31.7. The van der Waals surface area contributed by atoms with E-state index in [4.69, 9.17) is 15.6 Å². The molecule has 8 heteroatoms. The molecule has 16 heavy (non-hydrogen) atoms. The van der Waals surface area contributed by atoms with Gasteiger partial charge in [0.2, 0.25) is 0 Å². The number of rotatable bonds is 0. The predicted molar refractivity (Wildman–Crippen MR) is 54.2 cm³/mol. The highest BCUT2D eigenvalue weighted by Gasteiger charge is 2.38. The summed E-state index contributed by atoms with van der Waals surface area (Å²) in [5.74, 6) is -2.76. The maximum Gasteiger partial charge on any atom is 0.490 e. The number of alkyl halides is 4. The van der Waals surface area contributed by atoms with Gasteiger partial charge in [-0.25, -0.2) is 4.79 Å². The Bertz CT molecular complexity index is 237. The molecule has 0 unspecified atom stereocenters. The highest BCUT2D eigenvalue weighted by Crippen LogP contribution is 2.23. The van der Waals surface area contributed by atoms with E-state index in [0.717, 1.165) is 19.3 Å². The molecule has 0 aromatic rings. The second-order valence-electron chi connectivity index (χ2n) is 3.46. The molecule has 1 aliphatic carbocycles. The second kappa shape index (κ2) is 6.41. The molecular formula is C8H13BrF3NO3. The van der Waals surface area contributed by atoms with Gasteiger partial charge in [-0.2, -0.15) is 13.2 Å². The summed E-state index contributed by atoms with van der Waals surface area (Å²) in [6.45, 7) is 0. The third-order valence-corrected chi connectivity index (χ3v) is 3.09. The third-order valence-electron chi connectivity index (χ3n) is 2.02. The van der Waals surface area contributed by atoms with E-state index >= 15 is 0 Å². The highest BCUT2D eigenvalue weighted by atomic mass is 79.9. The largest absolute Gasteiger partial charge is 0.490 e. The van der Waals surface area contributed by atoms with Crippen molar-refractivity contribution in [1.29, 1.82) is 0 Å². The zero-order valence-electron chi connectivity index (χ0n) is 8.25. The molecule has 96 valence electrons. The van der Waals surface area contributed by atoms with Gasteiger partial charge in [0.15, 0.2) is 0 Å². The third kappa shape index (κ3) is 6.29. The summed E-state index contributed by atoms with van der Waals surface area (Å²) in [7, 11) is 0. The van der Waals surface area contributed by atoms with Crippen molar-refractivity contribution in [3.8, 4) is 0 Å². The zero-order valence-corrected chi connectivity index (χ0v) is 9.83. The number of hydrogen-bond acceptors (Lipinski definition) is 3. The van der Waals surface area contributed by atoms with Crippen LogP contribution in [-0.4, -0.2) is 39.3 Å². The molecule has 4 N–H and O–H groups in total. The fraction of sp³-hybridized carbons (Fsp3) is 0.875. The van der Waals surface area contributed by atoms with Crippen LogP contribution in [0.4, 0.5) is 13.2 Å². The monoisotopic (exact) mass is 307 g/mol. The summed E-state index contributed by atoms with van der Waals surface area (Å²) >= 11 is 3.38. The molecule has 3 atom stereocenters. The summed E-state index contributed by atoms with van der Waals surface area (Å²) in [4.78, 5) is 9.17. The van der Waals surface area contributed by atoms with Crippen molar-refractivity contribution >= 4 is 21.9 Å². The molecular weight excluding hydrogens is 295 g/mol. The van der Waals surface area contributed by atoms with Gasteiger partial charge in [0.1, 0.15) is 0 Å². The van der Waals surface area contributed by atoms with Crippen molar-refractivity contribution in [1.82, 2.24) is 0 Å². The Balaban J connectivity index is 0.000000293. The lowest BCUT2D eigenvalue weighted by atomic mass is 9.94. The van der Waals surface area contributed by atoms with Gasteiger partial charge in [0.05, 0.1) is 6.10 Å². The van der Waals surface area contributed by atoms with Gasteiger partial charge < -0.3 is 15.9 Å². The SMILES string of the molecule is N[C@H]1CC[C@@H](Br)[C@@H](O)C1.O=C(O)C(F)(F)F. The van der Waals surface area contributed by atoms with E-state index in [1.807, 2.05) is 0 Å². The quantitative estimate of drug-likeness (QED) is 0.588. The maximum absolute atomic E-state index is 10.6. The van der Waals surface area contributed by atoms with E-state index in [1.54, 1.807) is 0 Å². The number of halogens is 4. The molecule has 0 aliphatic heterocycles. The molecule has 1 saturated carbocycles. The number of aliphatic hydroxyl groups excluding tert-OH is 1. The van der Waals surface area contributed by atoms with Crippen LogP contribution in [0.5, 0.6) is 0 Å². The Morgan fingerprint density at radius 3 is 2.06 bits per heavy atom. The summed E-state index contributed by atoms with van der Waals surface area (Å²) in [5, 5.41) is 16.3. The number of hydrogen-bond donors (Lipinski definition) is 3. The van der Waals surface area contributed by atoms with Gasteiger partial charge in [-0.3, -0.25) is 0 Å². The highest BCUT2D eigenvalue weighted by molar-refractivity contribution is 9.09. The molecule has 0 amide bonds. The Morgan fingerprint density at radius 1 is 1.38 bits per heavy atom. The molecule has 0 heterocycles. The lowest BCUT2D eigenvalue weighted by Crippen LogP contribution is -2.36. The Morgan fingerprint density at radius 2 is 1.81 bits per heavy atom. The number of nitrogens with two attached hydrogens (primary N) is 1. The van der Waals surface area contributed by atoms with Gasteiger partial charge in [0.25, 0.3) is 0 Å². The van der Waals surface area contributed by atoms with Crippen LogP contribution < -0.4 is 5.73 Å². The zero-order chi connectivity index (χ0) is 12.9. The van der Waals surface area contributed by atoms with E-state index in [-0.39, 0.29) is 17.0 Å². The Labute approximate surface area is 98.7 Å². The molecule has 1 fully saturated rings. The first-order valence-electron chi connectivity index (χ1n) is 4.52. The molecule has 1 aliphatic rings. The fourth-order valence-electron chi connectivity index (χ4n) is 1.14.